The Bertz CT molecular complexity index is 807. The van der Waals surface area contributed by atoms with Gasteiger partial charge in [-0.05, 0) is 30.7 Å². The van der Waals surface area contributed by atoms with Gasteiger partial charge in [0.25, 0.3) is 5.91 Å². The molecule has 1 aromatic carbocycles. The number of amides is 1. The zero-order chi connectivity index (χ0) is 19.3. The second kappa shape index (κ2) is 8.33. The normalized spacial score (nSPS) is 10.3. The fourth-order valence-electron chi connectivity index (χ4n) is 2.33. The van der Waals surface area contributed by atoms with Crippen molar-refractivity contribution in [2.24, 2.45) is 7.05 Å². The molecule has 1 heterocycles. The topological polar surface area (TPSA) is 80.6 Å². The zero-order valence-corrected chi connectivity index (χ0v) is 15.4. The number of ether oxygens (including phenoxy) is 1. The van der Waals surface area contributed by atoms with Crippen LogP contribution in [0.1, 0.15) is 33.3 Å². The summed E-state index contributed by atoms with van der Waals surface area (Å²) in [5.74, 6) is -1.18. The summed E-state index contributed by atoms with van der Waals surface area (Å²) in [6, 6.07) is 9.23. The quantitative estimate of drug-likeness (QED) is 0.603. The Hall–Kier alpha value is -3.09. The number of rotatable bonds is 7. The third-order valence-corrected chi connectivity index (χ3v) is 3.90. The first-order valence-corrected chi connectivity index (χ1v) is 8.15. The van der Waals surface area contributed by atoms with Gasteiger partial charge >= 0.3 is 5.97 Å². The number of carbonyl (C=O) groups excluding carboxylic acids is 3. The molecule has 0 spiro atoms. The summed E-state index contributed by atoms with van der Waals surface area (Å²) in [4.78, 5) is 37.2. The van der Waals surface area contributed by atoms with Gasteiger partial charge in [0.15, 0.2) is 12.4 Å². The van der Waals surface area contributed by atoms with Crippen LogP contribution in [0.5, 0.6) is 0 Å². The molecule has 0 saturated carbocycles. The minimum Gasteiger partial charge on any atom is -0.451 e. The molecule has 7 nitrogen and oxygen atoms in total. The predicted molar refractivity (Wildman–Crippen MR) is 98.3 cm³/mol. The molecule has 0 aliphatic carbocycles. The van der Waals surface area contributed by atoms with Crippen LogP contribution in [0.2, 0.25) is 0 Å². The van der Waals surface area contributed by atoms with E-state index in [9.17, 15) is 14.4 Å². The molecule has 0 saturated heterocycles. The van der Waals surface area contributed by atoms with Gasteiger partial charge in [-0.25, -0.2) is 4.79 Å². The second-order valence-corrected chi connectivity index (χ2v) is 6.19. The summed E-state index contributed by atoms with van der Waals surface area (Å²) in [5, 5.41) is 2.70. The van der Waals surface area contributed by atoms with Crippen LogP contribution in [0.3, 0.4) is 0 Å². The number of aromatic nitrogens is 1. The highest BCUT2D eigenvalue weighted by atomic mass is 16.5. The van der Waals surface area contributed by atoms with Crippen molar-refractivity contribution < 1.29 is 19.1 Å². The number of Topliss-reactive ketones (excluding diaryl/α,β-unsaturated/α-hetero) is 1. The van der Waals surface area contributed by atoms with Crippen molar-refractivity contribution in [3.63, 3.8) is 0 Å². The van der Waals surface area contributed by atoms with Crippen molar-refractivity contribution in [3.8, 4) is 0 Å². The van der Waals surface area contributed by atoms with Gasteiger partial charge in [-0.15, -0.1) is 0 Å². The van der Waals surface area contributed by atoms with Crippen molar-refractivity contribution in [1.82, 2.24) is 9.88 Å². The van der Waals surface area contributed by atoms with Crippen molar-refractivity contribution in [2.75, 3.05) is 25.6 Å². The van der Waals surface area contributed by atoms with Gasteiger partial charge in [-0.2, -0.15) is 0 Å². The molecule has 1 N–H and O–H groups in total. The van der Waals surface area contributed by atoms with Crippen molar-refractivity contribution in [3.05, 3.63) is 53.3 Å². The highest BCUT2D eigenvalue weighted by Crippen LogP contribution is 2.12. The molecule has 26 heavy (non-hydrogen) atoms. The van der Waals surface area contributed by atoms with Crippen LogP contribution in [0.4, 0.5) is 5.69 Å². The van der Waals surface area contributed by atoms with Gasteiger partial charge in [0.2, 0.25) is 0 Å². The van der Waals surface area contributed by atoms with Crippen LogP contribution in [0.15, 0.2) is 36.5 Å². The van der Waals surface area contributed by atoms with Crippen LogP contribution >= 0.6 is 0 Å². The van der Waals surface area contributed by atoms with Crippen LogP contribution in [0.25, 0.3) is 0 Å². The van der Waals surface area contributed by atoms with Gasteiger partial charge in [0, 0.05) is 45.1 Å². The van der Waals surface area contributed by atoms with Crippen LogP contribution in [0, 0.1) is 0 Å². The number of ketones is 1. The van der Waals surface area contributed by atoms with E-state index >= 15 is 0 Å². The van der Waals surface area contributed by atoms with Gasteiger partial charge in [-0.3, -0.25) is 9.59 Å². The van der Waals surface area contributed by atoms with Gasteiger partial charge in [0.1, 0.15) is 5.69 Å². The third kappa shape index (κ3) is 4.95. The Balaban J connectivity index is 1.83. The molecule has 0 unspecified atom stereocenters. The molecule has 0 aliphatic rings. The molecule has 0 fully saturated rings. The highest BCUT2D eigenvalue weighted by Gasteiger charge is 2.16. The molecule has 2 aromatic rings. The number of nitrogens with one attached hydrogen (secondary N) is 1. The minimum absolute atomic E-state index is 0.141. The molecule has 138 valence electrons. The lowest BCUT2D eigenvalue weighted by Crippen LogP contribution is -2.28. The Morgan fingerprint density at radius 1 is 1.15 bits per heavy atom. The van der Waals surface area contributed by atoms with E-state index in [1.54, 1.807) is 13.2 Å². The number of nitrogens with zero attached hydrogens (tertiary/aromatic N) is 2. The summed E-state index contributed by atoms with van der Waals surface area (Å²) in [6.07, 6.45) is 1.55. The fraction of sp³-hybridized carbons (Fsp3) is 0.316. The lowest BCUT2D eigenvalue weighted by molar-refractivity contribution is -0.124. The van der Waals surface area contributed by atoms with E-state index in [2.05, 4.69) is 5.32 Å². The Morgan fingerprint density at radius 3 is 2.35 bits per heavy atom. The molecule has 1 amide bonds. The number of hydrogen-bond donors (Lipinski definition) is 1. The molecule has 1 aromatic heterocycles. The number of carbonyl (C=O) groups is 3. The Morgan fingerprint density at radius 2 is 1.81 bits per heavy atom. The maximum atomic E-state index is 12.0. The van der Waals surface area contributed by atoms with Gasteiger partial charge in [0.05, 0.1) is 0 Å². The largest absolute Gasteiger partial charge is 0.451 e. The third-order valence-electron chi connectivity index (χ3n) is 3.90. The maximum Gasteiger partial charge on any atom is 0.355 e. The molecule has 0 atom stereocenters. The highest BCUT2D eigenvalue weighted by molar-refractivity contribution is 5.98. The molecule has 7 heteroatoms. The maximum absolute atomic E-state index is 12.0. The van der Waals surface area contributed by atoms with E-state index in [0.717, 1.165) is 11.3 Å². The average Bonchev–Trinajstić information content (AvgIpc) is 3.00. The monoisotopic (exact) mass is 357 g/mol. The van der Waals surface area contributed by atoms with E-state index in [-0.39, 0.29) is 18.1 Å². The number of esters is 1. The summed E-state index contributed by atoms with van der Waals surface area (Å²) >= 11 is 0. The minimum atomic E-state index is -0.648. The van der Waals surface area contributed by atoms with Crippen molar-refractivity contribution in [1.29, 1.82) is 0 Å². The Kier molecular flexibility index (Phi) is 6.16. The average molecular weight is 357 g/mol. The lowest BCUT2D eigenvalue weighted by Gasteiger charge is -2.13. The molecule has 2 rings (SSSR count). The predicted octanol–water partition coefficient (Wildman–Crippen LogP) is 1.77. The van der Waals surface area contributed by atoms with E-state index in [1.807, 2.05) is 43.3 Å². The first-order chi connectivity index (χ1) is 12.3. The molecule has 0 bridgehead atoms. The molecular formula is C19H23N3O4. The SMILES string of the molecule is CC(=O)c1cc(C(=O)OCC(=O)NCc2ccc(N(C)C)cc2)n(C)c1. The van der Waals surface area contributed by atoms with E-state index < -0.39 is 11.9 Å². The Labute approximate surface area is 152 Å². The first-order valence-electron chi connectivity index (χ1n) is 8.15. The number of anilines is 1. The smallest absolute Gasteiger partial charge is 0.355 e. The molecule has 0 radical (unpaired) electrons. The number of aryl methyl sites for hydroxylation is 1. The van der Waals surface area contributed by atoms with Crippen molar-refractivity contribution in [2.45, 2.75) is 13.5 Å². The van der Waals surface area contributed by atoms with Crippen LogP contribution in [-0.4, -0.2) is 42.9 Å². The van der Waals surface area contributed by atoms with E-state index in [4.69, 9.17) is 4.74 Å². The fourth-order valence-corrected chi connectivity index (χ4v) is 2.33. The summed E-state index contributed by atoms with van der Waals surface area (Å²) in [7, 11) is 5.55. The summed E-state index contributed by atoms with van der Waals surface area (Å²) < 4.78 is 6.52. The van der Waals surface area contributed by atoms with Gasteiger partial charge in [-0.1, -0.05) is 12.1 Å². The van der Waals surface area contributed by atoms with Gasteiger partial charge < -0.3 is 19.5 Å². The molecular weight excluding hydrogens is 334 g/mol. The summed E-state index contributed by atoms with van der Waals surface area (Å²) in [6.45, 7) is 1.39. The standard InChI is InChI=1S/C19H23N3O4/c1-13(23)15-9-17(22(4)11-15)19(25)26-12-18(24)20-10-14-5-7-16(8-6-14)21(2)3/h5-9,11H,10,12H2,1-4H3,(H,20,24). The lowest BCUT2D eigenvalue weighted by atomic mass is 10.2. The first kappa shape index (κ1) is 19.2. The van der Waals surface area contributed by atoms with Crippen LogP contribution < -0.4 is 10.2 Å². The van der Waals surface area contributed by atoms with E-state index in [0.29, 0.717) is 12.1 Å². The zero-order valence-electron chi connectivity index (χ0n) is 15.4. The van der Waals surface area contributed by atoms with Crippen molar-refractivity contribution >= 4 is 23.3 Å². The summed E-state index contributed by atoms with van der Waals surface area (Å²) in [5.41, 5.74) is 2.66. The van der Waals surface area contributed by atoms with Crippen LogP contribution in [-0.2, 0) is 23.1 Å². The number of benzene rings is 1. The molecule has 0 aliphatic heterocycles. The second-order valence-electron chi connectivity index (χ2n) is 6.19. The number of hydrogen-bond acceptors (Lipinski definition) is 5. The van der Waals surface area contributed by atoms with E-state index in [1.165, 1.54) is 17.6 Å².